The third kappa shape index (κ3) is 4.11. The minimum absolute atomic E-state index is 0.0450. The zero-order valence-corrected chi connectivity index (χ0v) is 12.8. The molecule has 2 aromatic carbocycles. The van der Waals surface area contributed by atoms with Gasteiger partial charge in [0.1, 0.15) is 12.4 Å². The number of fused-ring (bicyclic) bond motifs is 1. The van der Waals surface area contributed by atoms with Crippen LogP contribution >= 0.6 is 11.8 Å². The number of benzene rings is 2. The van der Waals surface area contributed by atoms with Gasteiger partial charge in [-0.1, -0.05) is 12.1 Å². The van der Waals surface area contributed by atoms with Crippen molar-refractivity contribution in [3.05, 3.63) is 48.0 Å². The first-order valence-corrected chi connectivity index (χ1v) is 7.76. The molecule has 3 nitrogen and oxygen atoms in total. The van der Waals surface area contributed by atoms with Crippen LogP contribution in [0.3, 0.4) is 0 Å². The van der Waals surface area contributed by atoms with Crippen molar-refractivity contribution in [3.63, 3.8) is 0 Å². The Balaban J connectivity index is 1.76. The predicted molar refractivity (Wildman–Crippen MR) is 82.0 cm³/mol. The van der Waals surface area contributed by atoms with Gasteiger partial charge in [-0.2, -0.15) is 13.2 Å². The van der Waals surface area contributed by atoms with Crippen molar-refractivity contribution in [3.8, 4) is 17.2 Å². The molecule has 0 saturated heterocycles. The highest BCUT2D eigenvalue weighted by Gasteiger charge is 2.29. The third-order valence-electron chi connectivity index (χ3n) is 3.27. The SMILES string of the molecule is NC1COc2c(cccc2Oc2ccc(SC(F)(F)F)cc2)C1. The number of ether oxygens (including phenoxy) is 2. The monoisotopic (exact) mass is 341 g/mol. The predicted octanol–water partition coefficient (Wildman–Crippen LogP) is 4.35. The topological polar surface area (TPSA) is 44.5 Å². The van der Waals surface area contributed by atoms with Gasteiger partial charge >= 0.3 is 5.51 Å². The second-order valence-electron chi connectivity index (χ2n) is 5.14. The van der Waals surface area contributed by atoms with Gasteiger partial charge in [0, 0.05) is 10.9 Å². The van der Waals surface area contributed by atoms with Crippen molar-refractivity contribution in [1.29, 1.82) is 0 Å². The Morgan fingerprint density at radius 3 is 2.57 bits per heavy atom. The average Bonchev–Trinajstić information content (AvgIpc) is 2.48. The lowest BCUT2D eigenvalue weighted by atomic mass is 10.0. The van der Waals surface area contributed by atoms with Crippen LogP contribution in [-0.4, -0.2) is 18.2 Å². The van der Waals surface area contributed by atoms with Crippen LogP contribution in [0.2, 0.25) is 0 Å². The summed E-state index contributed by atoms with van der Waals surface area (Å²) in [5.74, 6) is 1.62. The molecule has 1 atom stereocenters. The number of alkyl halides is 3. The minimum atomic E-state index is -4.30. The quantitative estimate of drug-likeness (QED) is 0.843. The molecule has 23 heavy (non-hydrogen) atoms. The van der Waals surface area contributed by atoms with E-state index in [0.29, 0.717) is 30.3 Å². The minimum Gasteiger partial charge on any atom is -0.488 e. The molecule has 0 aromatic heterocycles. The van der Waals surface area contributed by atoms with E-state index in [9.17, 15) is 13.2 Å². The number of hydrogen-bond acceptors (Lipinski definition) is 4. The normalized spacial score (nSPS) is 17.3. The van der Waals surface area contributed by atoms with Gasteiger partial charge in [0.2, 0.25) is 0 Å². The summed E-state index contributed by atoms with van der Waals surface area (Å²) in [4.78, 5) is 0.113. The van der Waals surface area contributed by atoms with E-state index in [1.807, 2.05) is 12.1 Å². The van der Waals surface area contributed by atoms with Crippen LogP contribution in [0.25, 0.3) is 0 Å². The Bertz CT molecular complexity index is 689. The molecule has 0 amide bonds. The number of halogens is 3. The summed E-state index contributed by atoms with van der Waals surface area (Å²) in [5, 5.41) is 0. The molecule has 2 aromatic rings. The zero-order valence-electron chi connectivity index (χ0n) is 12.0. The van der Waals surface area contributed by atoms with Crippen LogP contribution in [0.5, 0.6) is 17.2 Å². The number of para-hydroxylation sites is 1. The number of hydrogen-bond donors (Lipinski definition) is 1. The maximum atomic E-state index is 12.3. The van der Waals surface area contributed by atoms with Crippen molar-refractivity contribution < 1.29 is 22.6 Å². The molecule has 2 N–H and O–H groups in total. The van der Waals surface area contributed by atoms with Crippen molar-refractivity contribution in [2.45, 2.75) is 22.9 Å². The van der Waals surface area contributed by atoms with Gasteiger partial charge in [0.05, 0.1) is 0 Å². The molecular formula is C16H14F3NO2S. The summed E-state index contributed by atoms with van der Waals surface area (Å²) >= 11 is -0.155. The summed E-state index contributed by atoms with van der Waals surface area (Å²) < 4.78 is 48.3. The van der Waals surface area contributed by atoms with E-state index in [1.165, 1.54) is 24.3 Å². The first kappa shape index (κ1) is 16.0. The Morgan fingerprint density at radius 2 is 1.87 bits per heavy atom. The number of thioether (sulfide) groups is 1. The summed E-state index contributed by atoms with van der Waals surface area (Å²) in [5.41, 5.74) is 2.52. The number of nitrogens with two attached hydrogens (primary N) is 1. The molecule has 0 fully saturated rings. The van der Waals surface area contributed by atoms with E-state index in [0.717, 1.165) is 5.56 Å². The van der Waals surface area contributed by atoms with Crippen LogP contribution in [-0.2, 0) is 6.42 Å². The first-order valence-electron chi connectivity index (χ1n) is 6.95. The first-order chi connectivity index (χ1) is 10.9. The molecule has 0 spiro atoms. The van der Waals surface area contributed by atoms with Gasteiger partial charge < -0.3 is 15.2 Å². The Kier molecular flexibility index (Phi) is 4.41. The van der Waals surface area contributed by atoms with Gasteiger partial charge in [0.25, 0.3) is 0 Å². The van der Waals surface area contributed by atoms with Gasteiger partial charge in [-0.15, -0.1) is 0 Å². The molecule has 1 heterocycles. The molecule has 1 aliphatic heterocycles. The lowest BCUT2D eigenvalue weighted by molar-refractivity contribution is -0.0328. The second-order valence-corrected chi connectivity index (χ2v) is 6.28. The molecule has 0 bridgehead atoms. The average molecular weight is 341 g/mol. The second kappa shape index (κ2) is 6.33. The fraction of sp³-hybridized carbons (Fsp3) is 0.250. The third-order valence-corrected chi connectivity index (χ3v) is 4.01. The highest BCUT2D eigenvalue weighted by Crippen LogP contribution is 2.39. The van der Waals surface area contributed by atoms with Crippen LogP contribution in [0.1, 0.15) is 5.56 Å². The summed E-state index contributed by atoms with van der Waals surface area (Å²) in [6, 6.07) is 11.2. The van der Waals surface area contributed by atoms with Crippen LogP contribution in [0.15, 0.2) is 47.4 Å². The molecule has 0 saturated carbocycles. The molecular weight excluding hydrogens is 327 g/mol. The van der Waals surface area contributed by atoms with Crippen LogP contribution in [0, 0.1) is 0 Å². The molecule has 7 heteroatoms. The van der Waals surface area contributed by atoms with E-state index in [2.05, 4.69) is 0 Å². The fourth-order valence-corrected chi connectivity index (χ4v) is 2.87. The number of rotatable bonds is 3. The van der Waals surface area contributed by atoms with E-state index in [1.54, 1.807) is 6.07 Å². The maximum absolute atomic E-state index is 12.3. The van der Waals surface area contributed by atoms with Crippen molar-refractivity contribution in [2.75, 3.05) is 6.61 Å². The molecule has 0 radical (unpaired) electrons. The lowest BCUT2D eigenvalue weighted by Crippen LogP contribution is -2.33. The highest BCUT2D eigenvalue weighted by molar-refractivity contribution is 8.00. The smallest absolute Gasteiger partial charge is 0.446 e. The summed E-state index contributed by atoms with van der Waals surface area (Å²) in [6.45, 7) is 0.411. The van der Waals surface area contributed by atoms with Crippen molar-refractivity contribution >= 4 is 11.8 Å². The van der Waals surface area contributed by atoms with Gasteiger partial charge in [0.15, 0.2) is 11.5 Å². The molecule has 0 aliphatic carbocycles. The summed E-state index contributed by atoms with van der Waals surface area (Å²) in [7, 11) is 0. The Labute approximate surface area is 135 Å². The highest BCUT2D eigenvalue weighted by atomic mass is 32.2. The summed E-state index contributed by atoms with van der Waals surface area (Å²) in [6.07, 6.45) is 0.702. The maximum Gasteiger partial charge on any atom is 0.446 e. The van der Waals surface area contributed by atoms with E-state index >= 15 is 0 Å². The van der Waals surface area contributed by atoms with Gasteiger partial charge in [-0.3, -0.25) is 0 Å². The Morgan fingerprint density at radius 1 is 1.13 bits per heavy atom. The van der Waals surface area contributed by atoms with Crippen molar-refractivity contribution in [2.24, 2.45) is 5.73 Å². The van der Waals surface area contributed by atoms with E-state index < -0.39 is 5.51 Å². The standard InChI is InChI=1S/C16H14F3NO2S/c17-16(18,19)23-13-6-4-12(5-7-13)22-14-3-1-2-10-8-11(20)9-21-15(10)14/h1-7,11H,8-9,20H2. The Hall–Kier alpha value is -1.86. The molecule has 1 unspecified atom stereocenters. The molecule has 3 rings (SSSR count). The lowest BCUT2D eigenvalue weighted by Gasteiger charge is -2.24. The largest absolute Gasteiger partial charge is 0.488 e. The zero-order chi connectivity index (χ0) is 16.4. The van der Waals surface area contributed by atoms with Gasteiger partial charge in [-0.25, -0.2) is 0 Å². The molecule has 122 valence electrons. The molecule has 1 aliphatic rings. The van der Waals surface area contributed by atoms with E-state index in [-0.39, 0.29) is 22.7 Å². The fourth-order valence-electron chi connectivity index (χ4n) is 2.33. The van der Waals surface area contributed by atoms with Crippen molar-refractivity contribution in [1.82, 2.24) is 0 Å². The van der Waals surface area contributed by atoms with Crippen LogP contribution in [0.4, 0.5) is 13.2 Å². The van der Waals surface area contributed by atoms with Gasteiger partial charge in [-0.05, 0) is 54.1 Å². The van der Waals surface area contributed by atoms with Crippen LogP contribution < -0.4 is 15.2 Å². The van der Waals surface area contributed by atoms with E-state index in [4.69, 9.17) is 15.2 Å².